The van der Waals surface area contributed by atoms with Gasteiger partial charge < -0.3 is 20.3 Å². The van der Waals surface area contributed by atoms with E-state index in [0.717, 1.165) is 0 Å². The Kier molecular flexibility index (Phi) is 4.09. The molecule has 0 radical (unpaired) electrons. The Morgan fingerprint density at radius 2 is 1.79 bits per heavy atom. The van der Waals surface area contributed by atoms with Crippen LogP contribution in [0.2, 0.25) is 0 Å². The van der Waals surface area contributed by atoms with E-state index in [4.69, 9.17) is 10.0 Å². The molecule has 0 bridgehead atoms. The van der Waals surface area contributed by atoms with E-state index in [0.29, 0.717) is 17.5 Å². The number of phenols is 2. The van der Waals surface area contributed by atoms with Gasteiger partial charge in [-0.3, -0.25) is 0 Å². The molecular formula is C14H15BO4. The molecule has 1 unspecified atom stereocenters. The van der Waals surface area contributed by atoms with E-state index in [-0.39, 0.29) is 17.4 Å². The lowest BCUT2D eigenvalue weighted by molar-refractivity contribution is 0.420. The van der Waals surface area contributed by atoms with E-state index in [1.807, 2.05) is 18.2 Å². The average molecular weight is 258 g/mol. The summed E-state index contributed by atoms with van der Waals surface area (Å²) in [5, 5.41) is 36.7. The lowest BCUT2D eigenvalue weighted by Gasteiger charge is -2.12. The van der Waals surface area contributed by atoms with Crippen molar-refractivity contribution in [3.63, 3.8) is 0 Å². The number of hydrogen-bond donors (Lipinski definition) is 4. The first-order valence-electron chi connectivity index (χ1n) is 6.00. The molecule has 0 amide bonds. The smallest absolute Gasteiger partial charge is 0.488 e. The molecule has 4 nitrogen and oxygen atoms in total. The van der Waals surface area contributed by atoms with Crippen LogP contribution < -0.4 is 0 Å². The van der Waals surface area contributed by atoms with Gasteiger partial charge in [0.1, 0.15) is 11.5 Å². The summed E-state index contributed by atoms with van der Waals surface area (Å²) in [5.41, 5.74) is 1.21. The second-order valence-corrected chi connectivity index (χ2v) is 4.48. The monoisotopic (exact) mass is 258 g/mol. The van der Waals surface area contributed by atoms with Crippen LogP contribution in [0.4, 0.5) is 0 Å². The van der Waals surface area contributed by atoms with E-state index >= 15 is 0 Å². The van der Waals surface area contributed by atoms with Crippen molar-refractivity contribution < 1.29 is 20.3 Å². The Hall–Kier alpha value is -1.98. The highest BCUT2D eigenvalue weighted by Crippen LogP contribution is 2.23. The first kappa shape index (κ1) is 13.5. The van der Waals surface area contributed by atoms with E-state index < -0.39 is 7.12 Å². The topological polar surface area (TPSA) is 80.9 Å². The number of aromatic hydroxyl groups is 2. The van der Waals surface area contributed by atoms with Gasteiger partial charge in [0.25, 0.3) is 0 Å². The maximum atomic E-state index is 9.35. The number of hydrogen-bond acceptors (Lipinski definition) is 4. The van der Waals surface area contributed by atoms with Gasteiger partial charge in [0.2, 0.25) is 0 Å². The Balaban J connectivity index is 2.03. The van der Waals surface area contributed by atoms with Gasteiger partial charge in [-0.1, -0.05) is 30.4 Å². The third-order valence-corrected chi connectivity index (χ3v) is 2.92. The fourth-order valence-corrected chi connectivity index (χ4v) is 1.94. The second-order valence-electron chi connectivity index (χ2n) is 4.48. The zero-order chi connectivity index (χ0) is 13.8. The van der Waals surface area contributed by atoms with Gasteiger partial charge in [-0.2, -0.15) is 0 Å². The highest BCUT2D eigenvalue weighted by Gasteiger charge is 2.15. The zero-order valence-corrected chi connectivity index (χ0v) is 10.3. The number of phenolic OH excluding ortho intramolecular Hbond substituents is 2. The van der Waals surface area contributed by atoms with Crippen LogP contribution in [0, 0.1) is 5.92 Å². The summed E-state index contributed by atoms with van der Waals surface area (Å²) in [6.45, 7) is 0. The minimum absolute atomic E-state index is 0.0180. The maximum Gasteiger partial charge on any atom is 0.488 e. The molecule has 2 rings (SSSR count). The normalized spacial score (nSPS) is 18.6. The first-order valence-corrected chi connectivity index (χ1v) is 6.00. The first-order chi connectivity index (χ1) is 9.04. The third kappa shape index (κ3) is 3.74. The molecular weight excluding hydrogens is 243 g/mol. The van der Waals surface area contributed by atoms with Crippen LogP contribution >= 0.6 is 0 Å². The van der Waals surface area contributed by atoms with Crippen molar-refractivity contribution in [2.75, 3.05) is 0 Å². The molecule has 1 aromatic carbocycles. The molecule has 0 saturated carbocycles. The lowest BCUT2D eigenvalue weighted by Crippen LogP contribution is -2.16. The van der Waals surface area contributed by atoms with Crippen LogP contribution in [-0.2, 0) is 0 Å². The average Bonchev–Trinajstić information content (AvgIpc) is 2.36. The number of benzene rings is 1. The number of rotatable bonds is 3. The van der Waals surface area contributed by atoms with Crippen molar-refractivity contribution in [1.82, 2.24) is 0 Å². The molecule has 1 aliphatic carbocycles. The quantitative estimate of drug-likeness (QED) is 0.621. The van der Waals surface area contributed by atoms with Crippen LogP contribution in [0.15, 0.2) is 48.0 Å². The Labute approximate surface area is 111 Å². The number of allylic oxidation sites excluding steroid dienone is 5. The van der Waals surface area contributed by atoms with Gasteiger partial charge in [0, 0.05) is 6.07 Å². The summed E-state index contributed by atoms with van der Waals surface area (Å²) in [5.74, 6) is 0.195. The zero-order valence-electron chi connectivity index (χ0n) is 10.3. The van der Waals surface area contributed by atoms with E-state index in [2.05, 4.69) is 0 Å². The molecule has 0 heterocycles. The second kappa shape index (κ2) is 5.78. The maximum absolute atomic E-state index is 9.35. The molecule has 0 aromatic heterocycles. The molecule has 0 spiro atoms. The van der Waals surface area contributed by atoms with E-state index in [1.165, 1.54) is 6.07 Å². The van der Waals surface area contributed by atoms with Gasteiger partial charge in [-0.05, 0) is 35.5 Å². The fourth-order valence-electron chi connectivity index (χ4n) is 1.94. The van der Waals surface area contributed by atoms with Gasteiger partial charge in [-0.25, -0.2) is 0 Å². The summed E-state index contributed by atoms with van der Waals surface area (Å²) in [4.78, 5) is 0. The molecule has 4 N–H and O–H groups in total. The van der Waals surface area contributed by atoms with Crippen molar-refractivity contribution >= 4 is 13.2 Å². The summed E-state index contributed by atoms with van der Waals surface area (Å²) < 4.78 is 0. The molecule has 19 heavy (non-hydrogen) atoms. The highest BCUT2D eigenvalue weighted by molar-refractivity contribution is 6.51. The van der Waals surface area contributed by atoms with Gasteiger partial charge in [0.05, 0.1) is 0 Å². The Bertz CT molecular complexity index is 526. The van der Waals surface area contributed by atoms with Crippen molar-refractivity contribution in [2.45, 2.75) is 6.42 Å². The molecule has 5 heteroatoms. The minimum atomic E-state index is -1.43. The van der Waals surface area contributed by atoms with E-state index in [9.17, 15) is 10.2 Å². The molecule has 1 aromatic rings. The summed E-state index contributed by atoms with van der Waals surface area (Å²) >= 11 is 0. The van der Waals surface area contributed by atoms with Crippen molar-refractivity contribution in [1.29, 1.82) is 0 Å². The lowest BCUT2D eigenvalue weighted by atomic mass is 9.75. The predicted molar refractivity (Wildman–Crippen MR) is 74.3 cm³/mol. The summed E-state index contributed by atoms with van der Waals surface area (Å²) in [6.07, 6.45) is 9.77. The van der Waals surface area contributed by atoms with Gasteiger partial charge in [-0.15, -0.1) is 0 Å². The molecule has 1 atom stereocenters. The van der Waals surface area contributed by atoms with Gasteiger partial charge >= 0.3 is 7.12 Å². The van der Waals surface area contributed by atoms with Crippen molar-refractivity contribution in [2.24, 2.45) is 5.92 Å². The van der Waals surface area contributed by atoms with Crippen LogP contribution in [0.5, 0.6) is 11.5 Å². The van der Waals surface area contributed by atoms with E-state index in [1.54, 1.807) is 24.3 Å². The summed E-state index contributed by atoms with van der Waals surface area (Å²) in [6, 6.07) is 4.39. The molecule has 98 valence electrons. The highest BCUT2D eigenvalue weighted by atomic mass is 16.4. The fraction of sp³-hybridized carbons (Fsp3) is 0.143. The van der Waals surface area contributed by atoms with Gasteiger partial charge in [0.15, 0.2) is 0 Å². The molecule has 0 saturated heterocycles. The van der Waals surface area contributed by atoms with Crippen molar-refractivity contribution in [3.05, 3.63) is 53.5 Å². The predicted octanol–water partition coefficient (Wildman–Crippen LogP) is 1.63. The van der Waals surface area contributed by atoms with Crippen LogP contribution in [0.25, 0.3) is 6.08 Å². The SMILES string of the molecule is OB(O)C1=CCC(/C=C/c2cc(O)cc(O)c2)C=C1. The summed E-state index contributed by atoms with van der Waals surface area (Å²) in [7, 11) is -1.43. The minimum Gasteiger partial charge on any atom is -0.508 e. The van der Waals surface area contributed by atoms with Crippen LogP contribution in [-0.4, -0.2) is 27.4 Å². The van der Waals surface area contributed by atoms with Crippen LogP contribution in [0.1, 0.15) is 12.0 Å². The molecule has 0 fully saturated rings. The third-order valence-electron chi connectivity index (χ3n) is 2.92. The Morgan fingerprint density at radius 1 is 1.11 bits per heavy atom. The van der Waals surface area contributed by atoms with Crippen LogP contribution in [0.3, 0.4) is 0 Å². The molecule has 1 aliphatic rings. The largest absolute Gasteiger partial charge is 0.508 e. The standard InChI is InChI=1S/C14H15BO4/c16-13-7-11(8-14(17)9-13)2-1-10-3-5-12(6-4-10)15(18)19/h1-3,5-10,16-19H,4H2/b2-1+. The van der Waals surface area contributed by atoms with Crippen molar-refractivity contribution in [3.8, 4) is 11.5 Å². The molecule has 0 aliphatic heterocycles. The Morgan fingerprint density at radius 3 is 2.32 bits per heavy atom.